The van der Waals surface area contributed by atoms with Gasteiger partial charge in [-0.1, -0.05) is 6.07 Å². The van der Waals surface area contributed by atoms with Crippen molar-refractivity contribution in [1.29, 1.82) is 0 Å². The molecule has 1 unspecified atom stereocenters. The zero-order valence-corrected chi connectivity index (χ0v) is 12.3. The molecule has 22 heavy (non-hydrogen) atoms. The van der Waals surface area contributed by atoms with E-state index in [1.807, 2.05) is 19.1 Å². The summed E-state index contributed by atoms with van der Waals surface area (Å²) in [7, 11) is 0. The number of aryl methyl sites for hydroxylation is 1. The van der Waals surface area contributed by atoms with Crippen molar-refractivity contribution in [3.63, 3.8) is 0 Å². The van der Waals surface area contributed by atoms with Crippen LogP contribution in [0.1, 0.15) is 18.5 Å². The molecule has 1 aromatic carbocycles. The molecule has 1 atom stereocenters. The van der Waals surface area contributed by atoms with E-state index in [2.05, 4.69) is 10.3 Å². The highest BCUT2D eigenvalue weighted by molar-refractivity contribution is 5.76. The van der Waals surface area contributed by atoms with E-state index in [4.69, 9.17) is 4.74 Å². The van der Waals surface area contributed by atoms with Crippen LogP contribution >= 0.6 is 0 Å². The summed E-state index contributed by atoms with van der Waals surface area (Å²) >= 11 is 0. The maximum absolute atomic E-state index is 14.3. The summed E-state index contributed by atoms with van der Waals surface area (Å²) in [5.74, 6) is 0.165. The Hall–Kier alpha value is -2.43. The number of aromatic nitrogens is 1. The fraction of sp³-hybridized carbons (Fsp3) is 0.294. The lowest BCUT2D eigenvalue weighted by Crippen LogP contribution is -2.40. The quantitative estimate of drug-likeness (QED) is 0.948. The van der Waals surface area contributed by atoms with Gasteiger partial charge in [-0.05, 0) is 31.5 Å². The third-order valence-corrected chi connectivity index (χ3v) is 3.69. The molecule has 1 aromatic heterocycles. The Kier molecular flexibility index (Phi) is 4.04. The third kappa shape index (κ3) is 3.24. The summed E-state index contributed by atoms with van der Waals surface area (Å²) in [6, 6.07) is 8.51. The number of carbonyl (C=O) groups excluding carboxylic acids is 1. The zero-order chi connectivity index (χ0) is 15.5. The van der Waals surface area contributed by atoms with Gasteiger partial charge in [-0.2, -0.15) is 0 Å². The van der Waals surface area contributed by atoms with E-state index < -0.39 is 0 Å². The molecule has 0 bridgehead atoms. The van der Waals surface area contributed by atoms with Gasteiger partial charge in [0.1, 0.15) is 17.7 Å². The van der Waals surface area contributed by atoms with Gasteiger partial charge in [0.15, 0.2) is 0 Å². The van der Waals surface area contributed by atoms with Crippen LogP contribution in [0.2, 0.25) is 0 Å². The van der Waals surface area contributed by atoms with E-state index in [0.29, 0.717) is 30.7 Å². The van der Waals surface area contributed by atoms with Gasteiger partial charge < -0.3 is 10.1 Å². The monoisotopic (exact) mass is 300 g/mol. The van der Waals surface area contributed by atoms with E-state index in [0.717, 1.165) is 11.3 Å². The number of hydrogen-bond donors (Lipinski definition) is 1. The van der Waals surface area contributed by atoms with E-state index in [1.165, 1.54) is 6.07 Å². The number of nitrogens with one attached hydrogen (secondary N) is 1. The number of ether oxygens (including phenoxy) is 1. The molecule has 0 spiro atoms. The molecular weight excluding hydrogens is 283 g/mol. The first-order valence-corrected chi connectivity index (χ1v) is 7.28. The minimum Gasteiger partial charge on any atom is -0.488 e. The molecule has 1 saturated heterocycles. The number of piperidine rings is 1. The van der Waals surface area contributed by atoms with E-state index >= 15 is 0 Å². The Morgan fingerprint density at radius 2 is 2.18 bits per heavy atom. The van der Waals surface area contributed by atoms with Crippen LogP contribution in [0.5, 0.6) is 5.75 Å². The average Bonchev–Trinajstić information content (AvgIpc) is 2.51. The molecule has 3 rings (SSSR count). The predicted octanol–water partition coefficient (Wildman–Crippen LogP) is 2.85. The van der Waals surface area contributed by atoms with Gasteiger partial charge in [-0.15, -0.1) is 0 Å². The van der Waals surface area contributed by atoms with Gasteiger partial charge in [0.05, 0.1) is 6.54 Å². The van der Waals surface area contributed by atoms with Gasteiger partial charge in [0, 0.05) is 35.5 Å². The highest BCUT2D eigenvalue weighted by Crippen LogP contribution is 2.27. The third-order valence-electron chi connectivity index (χ3n) is 3.69. The summed E-state index contributed by atoms with van der Waals surface area (Å²) in [6.45, 7) is 2.35. The van der Waals surface area contributed by atoms with Crippen molar-refractivity contribution in [3.05, 3.63) is 48.0 Å². The molecule has 1 fully saturated rings. The smallest absolute Gasteiger partial charge is 0.220 e. The van der Waals surface area contributed by atoms with Crippen molar-refractivity contribution < 1.29 is 13.9 Å². The molecule has 1 amide bonds. The molecule has 0 saturated carbocycles. The van der Waals surface area contributed by atoms with Crippen LogP contribution in [0.25, 0.3) is 11.1 Å². The second-order valence-corrected chi connectivity index (χ2v) is 5.41. The van der Waals surface area contributed by atoms with Crippen molar-refractivity contribution in [2.24, 2.45) is 0 Å². The lowest BCUT2D eigenvalue weighted by atomic mass is 10.1. The van der Waals surface area contributed by atoms with Crippen LogP contribution < -0.4 is 10.1 Å². The summed E-state index contributed by atoms with van der Waals surface area (Å²) in [6.07, 6.45) is 2.64. The van der Waals surface area contributed by atoms with Crippen molar-refractivity contribution in [1.82, 2.24) is 10.3 Å². The molecule has 0 aliphatic carbocycles. The second-order valence-electron chi connectivity index (χ2n) is 5.41. The molecule has 1 N–H and O–H groups in total. The summed E-state index contributed by atoms with van der Waals surface area (Å²) in [5.41, 5.74) is 2.12. The Bertz CT molecular complexity index is 676. The van der Waals surface area contributed by atoms with Gasteiger partial charge in [0.2, 0.25) is 5.91 Å². The number of benzene rings is 1. The van der Waals surface area contributed by atoms with Crippen LogP contribution in [0, 0.1) is 12.7 Å². The number of hydrogen-bond acceptors (Lipinski definition) is 3. The second kappa shape index (κ2) is 6.13. The zero-order valence-electron chi connectivity index (χ0n) is 12.3. The highest BCUT2D eigenvalue weighted by atomic mass is 19.1. The summed E-state index contributed by atoms with van der Waals surface area (Å²) in [4.78, 5) is 15.3. The van der Waals surface area contributed by atoms with Crippen molar-refractivity contribution in [3.8, 4) is 16.9 Å². The number of nitrogens with zero attached hydrogens (tertiary/aromatic N) is 1. The lowest BCUT2D eigenvalue weighted by molar-refractivity contribution is -0.123. The molecule has 2 heterocycles. The molecule has 114 valence electrons. The topological polar surface area (TPSA) is 51.2 Å². The molecular formula is C17H17FN2O2. The first-order chi connectivity index (χ1) is 10.6. The minimum atomic E-state index is -0.344. The number of halogens is 1. The lowest BCUT2D eigenvalue weighted by Gasteiger charge is -2.23. The Morgan fingerprint density at radius 1 is 1.32 bits per heavy atom. The molecule has 0 radical (unpaired) electrons. The molecule has 5 heteroatoms. The fourth-order valence-corrected chi connectivity index (χ4v) is 2.43. The SMILES string of the molecule is Cc1ccc(-c2ccc(OC3CCC(=O)NC3)cc2F)cn1. The number of carbonyl (C=O) groups is 1. The van der Waals surface area contributed by atoms with Crippen LogP contribution in [0.4, 0.5) is 4.39 Å². The molecule has 4 nitrogen and oxygen atoms in total. The van der Waals surface area contributed by atoms with Crippen LogP contribution in [0.3, 0.4) is 0 Å². The van der Waals surface area contributed by atoms with Crippen molar-refractivity contribution in [2.45, 2.75) is 25.9 Å². The molecule has 1 aliphatic heterocycles. The minimum absolute atomic E-state index is 0.0354. The van der Waals surface area contributed by atoms with E-state index in [1.54, 1.807) is 18.3 Å². The van der Waals surface area contributed by atoms with Gasteiger partial charge >= 0.3 is 0 Å². The summed E-state index contributed by atoms with van der Waals surface area (Å²) in [5, 5.41) is 2.74. The van der Waals surface area contributed by atoms with Crippen LogP contribution in [-0.4, -0.2) is 23.5 Å². The number of rotatable bonds is 3. The van der Waals surface area contributed by atoms with Crippen molar-refractivity contribution in [2.75, 3.05) is 6.54 Å². The van der Waals surface area contributed by atoms with E-state index in [9.17, 15) is 9.18 Å². The highest BCUT2D eigenvalue weighted by Gasteiger charge is 2.19. The maximum atomic E-state index is 14.3. The number of pyridine rings is 1. The average molecular weight is 300 g/mol. The van der Waals surface area contributed by atoms with Crippen LogP contribution in [0.15, 0.2) is 36.5 Å². The Balaban J connectivity index is 1.74. The largest absolute Gasteiger partial charge is 0.488 e. The number of amides is 1. The Labute approximate surface area is 128 Å². The molecule has 1 aliphatic rings. The Morgan fingerprint density at radius 3 is 2.82 bits per heavy atom. The standard InChI is InChI=1S/C17H17FN2O2/c1-11-2-3-12(9-19-11)15-6-4-13(8-16(15)18)22-14-5-7-17(21)20-10-14/h2-4,6,8-9,14H,5,7,10H2,1H3,(H,20,21). The first-order valence-electron chi connectivity index (χ1n) is 7.28. The maximum Gasteiger partial charge on any atom is 0.220 e. The summed E-state index contributed by atoms with van der Waals surface area (Å²) < 4.78 is 20.0. The van der Waals surface area contributed by atoms with Gasteiger partial charge in [0.25, 0.3) is 0 Å². The normalized spacial score (nSPS) is 17.9. The van der Waals surface area contributed by atoms with E-state index in [-0.39, 0.29) is 17.8 Å². The van der Waals surface area contributed by atoms with Crippen LogP contribution in [-0.2, 0) is 4.79 Å². The predicted molar refractivity (Wildman–Crippen MR) is 81.0 cm³/mol. The molecule has 2 aromatic rings. The fourth-order valence-electron chi connectivity index (χ4n) is 2.43. The van der Waals surface area contributed by atoms with Gasteiger partial charge in [-0.25, -0.2) is 4.39 Å². The van der Waals surface area contributed by atoms with Gasteiger partial charge in [-0.3, -0.25) is 9.78 Å². The van der Waals surface area contributed by atoms with Crippen molar-refractivity contribution >= 4 is 5.91 Å². The first kappa shape index (κ1) is 14.5.